The van der Waals surface area contributed by atoms with Gasteiger partial charge in [-0.05, 0) is 64.4 Å². The molecule has 1 aliphatic heterocycles. The Balaban J connectivity index is 1.72. The molecule has 1 saturated heterocycles. The summed E-state index contributed by atoms with van der Waals surface area (Å²) in [5.74, 6) is 0. The van der Waals surface area contributed by atoms with Crippen LogP contribution in [0.3, 0.4) is 0 Å². The summed E-state index contributed by atoms with van der Waals surface area (Å²) < 4.78 is 0. The van der Waals surface area contributed by atoms with E-state index in [0.717, 1.165) is 17.3 Å². The minimum Gasteiger partial charge on any atom is -0.314 e. The molecule has 2 fully saturated rings. The van der Waals surface area contributed by atoms with Crippen molar-refractivity contribution in [1.82, 2.24) is 10.2 Å². The van der Waals surface area contributed by atoms with Gasteiger partial charge in [0.05, 0.1) is 0 Å². The van der Waals surface area contributed by atoms with Crippen molar-refractivity contribution in [3.05, 3.63) is 0 Å². The lowest BCUT2D eigenvalue weighted by molar-refractivity contribution is 0.117. The number of likely N-dealkylation sites (tertiary alicyclic amines) is 1. The summed E-state index contributed by atoms with van der Waals surface area (Å²) in [7, 11) is 0. The number of hydrogen-bond donors (Lipinski definition) is 1. The Morgan fingerprint density at radius 1 is 1.17 bits per heavy atom. The van der Waals surface area contributed by atoms with Crippen LogP contribution >= 0.6 is 11.8 Å². The van der Waals surface area contributed by atoms with Gasteiger partial charge in [-0.25, -0.2) is 0 Å². The molecule has 0 aromatic carbocycles. The minimum atomic E-state index is 0.793. The fraction of sp³-hybridized carbons (Fsp3) is 1.00. The van der Waals surface area contributed by atoms with Crippen LogP contribution in [-0.4, -0.2) is 48.1 Å². The molecule has 106 valence electrons. The van der Waals surface area contributed by atoms with E-state index in [0.29, 0.717) is 0 Å². The molecule has 1 aliphatic carbocycles. The quantitative estimate of drug-likeness (QED) is 0.826. The Morgan fingerprint density at radius 3 is 2.61 bits per heavy atom. The van der Waals surface area contributed by atoms with Gasteiger partial charge in [-0.3, -0.25) is 0 Å². The molecule has 0 aromatic rings. The number of thioether (sulfide) groups is 1. The third-order valence-electron chi connectivity index (χ3n) is 4.66. The van der Waals surface area contributed by atoms with Gasteiger partial charge in [0.1, 0.15) is 0 Å². The van der Waals surface area contributed by atoms with E-state index in [1.54, 1.807) is 0 Å². The summed E-state index contributed by atoms with van der Waals surface area (Å²) in [6.45, 7) is 6.11. The second-order valence-corrected chi connectivity index (χ2v) is 7.08. The van der Waals surface area contributed by atoms with Crippen molar-refractivity contribution >= 4 is 11.8 Å². The van der Waals surface area contributed by atoms with E-state index in [1.165, 1.54) is 64.6 Å². The molecule has 1 saturated carbocycles. The summed E-state index contributed by atoms with van der Waals surface area (Å²) in [5.41, 5.74) is 0. The number of piperidine rings is 1. The minimum absolute atomic E-state index is 0.793. The van der Waals surface area contributed by atoms with Gasteiger partial charge in [0, 0.05) is 17.3 Å². The van der Waals surface area contributed by atoms with Gasteiger partial charge in [-0.15, -0.1) is 0 Å². The van der Waals surface area contributed by atoms with Gasteiger partial charge in [0.2, 0.25) is 0 Å². The zero-order valence-corrected chi connectivity index (χ0v) is 13.0. The van der Waals surface area contributed by atoms with Crippen LogP contribution in [0.4, 0.5) is 0 Å². The molecule has 2 atom stereocenters. The zero-order chi connectivity index (χ0) is 12.8. The average Bonchev–Trinajstić information content (AvgIpc) is 2.46. The number of hydrogen-bond acceptors (Lipinski definition) is 3. The molecule has 0 bridgehead atoms. The van der Waals surface area contributed by atoms with Gasteiger partial charge in [-0.1, -0.05) is 13.3 Å². The van der Waals surface area contributed by atoms with E-state index in [4.69, 9.17) is 0 Å². The summed E-state index contributed by atoms with van der Waals surface area (Å²) in [4.78, 5) is 2.78. The highest BCUT2D eigenvalue weighted by Gasteiger charge is 2.29. The monoisotopic (exact) mass is 270 g/mol. The summed E-state index contributed by atoms with van der Waals surface area (Å²) in [6.07, 6.45) is 12.1. The third kappa shape index (κ3) is 4.14. The molecule has 1 heterocycles. The Morgan fingerprint density at radius 2 is 1.94 bits per heavy atom. The van der Waals surface area contributed by atoms with Crippen molar-refractivity contribution in [2.24, 2.45) is 0 Å². The van der Waals surface area contributed by atoms with Crippen molar-refractivity contribution in [3.63, 3.8) is 0 Å². The second kappa shape index (κ2) is 7.76. The largest absolute Gasteiger partial charge is 0.314 e. The van der Waals surface area contributed by atoms with E-state index < -0.39 is 0 Å². The maximum Gasteiger partial charge on any atom is 0.0106 e. The molecular formula is C15H30N2S. The number of nitrogens with one attached hydrogen (secondary N) is 1. The first-order valence-corrected chi connectivity index (χ1v) is 9.12. The van der Waals surface area contributed by atoms with Crippen LogP contribution in [0.5, 0.6) is 0 Å². The molecule has 2 nitrogen and oxygen atoms in total. The lowest BCUT2D eigenvalue weighted by Gasteiger charge is -2.41. The Labute approximate surface area is 117 Å². The fourth-order valence-electron chi connectivity index (χ4n) is 3.48. The normalized spacial score (nSPS) is 31.7. The Hall–Kier alpha value is 0.270. The molecule has 0 spiro atoms. The summed E-state index contributed by atoms with van der Waals surface area (Å²) >= 11 is 2.09. The Bertz CT molecular complexity index is 227. The van der Waals surface area contributed by atoms with E-state index in [9.17, 15) is 0 Å². The van der Waals surface area contributed by atoms with Crippen molar-refractivity contribution in [2.45, 2.75) is 69.2 Å². The first kappa shape index (κ1) is 14.7. The van der Waals surface area contributed by atoms with Crippen LogP contribution in [0.15, 0.2) is 0 Å². The SMILES string of the molecule is CCCNC1CCN(C2CCCC(SC)C2)CC1. The lowest BCUT2D eigenvalue weighted by atomic mass is 9.91. The fourth-order valence-corrected chi connectivity index (χ4v) is 4.30. The predicted molar refractivity (Wildman–Crippen MR) is 82.4 cm³/mol. The van der Waals surface area contributed by atoms with Crippen LogP contribution < -0.4 is 5.32 Å². The van der Waals surface area contributed by atoms with Crippen molar-refractivity contribution in [3.8, 4) is 0 Å². The lowest BCUT2D eigenvalue weighted by Crippen LogP contribution is -2.48. The summed E-state index contributed by atoms with van der Waals surface area (Å²) in [6, 6.07) is 1.68. The zero-order valence-electron chi connectivity index (χ0n) is 12.2. The molecule has 1 N–H and O–H groups in total. The highest BCUT2D eigenvalue weighted by Crippen LogP contribution is 2.31. The van der Waals surface area contributed by atoms with Crippen LogP contribution in [0.1, 0.15) is 51.9 Å². The number of nitrogens with zero attached hydrogens (tertiary/aromatic N) is 1. The van der Waals surface area contributed by atoms with Crippen LogP contribution in [-0.2, 0) is 0 Å². The Kier molecular flexibility index (Phi) is 6.33. The molecule has 0 radical (unpaired) electrons. The average molecular weight is 270 g/mol. The molecule has 2 unspecified atom stereocenters. The molecule has 0 aromatic heterocycles. The molecule has 3 heteroatoms. The topological polar surface area (TPSA) is 15.3 Å². The van der Waals surface area contributed by atoms with Crippen molar-refractivity contribution < 1.29 is 0 Å². The van der Waals surface area contributed by atoms with Crippen LogP contribution in [0.25, 0.3) is 0 Å². The van der Waals surface area contributed by atoms with Gasteiger partial charge < -0.3 is 10.2 Å². The summed E-state index contributed by atoms with van der Waals surface area (Å²) in [5, 5.41) is 4.61. The maximum absolute atomic E-state index is 3.68. The highest BCUT2D eigenvalue weighted by atomic mass is 32.2. The smallest absolute Gasteiger partial charge is 0.0106 e. The van der Waals surface area contributed by atoms with E-state index >= 15 is 0 Å². The van der Waals surface area contributed by atoms with E-state index in [-0.39, 0.29) is 0 Å². The predicted octanol–water partition coefficient (Wildman–Crippen LogP) is 3.12. The van der Waals surface area contributed by atoms with Gasteiger partial charge in [0.15, 0.2) is 0 Å². The van der Waals surface area contributed by atoms with Gasteiger partial charge >= 0.3 is 0 Å². The van der Waals surface area contributed by atoms with E-state index in [2.05, 4.69) is 35.2 Å². The number of rotatable bonds is 5. The first-order chi connectivity index (χ1) is 8.83. The standard InChI is InChI=1S/C15H30N2S/c1-3-9-16-13-7-10-17(11-8-13)14-5-4-6-15(12-14)18-2/h13-16H,3-12H2,1-2H3. The molecule has 2 aliphatic rings. The van der Waals surface area contributed by atoms with Gasteiger partial charge in [0.25, 0.3) is 0 Å². The highest BCUT2D eigenvalue weighted by molar-refractivity contribution is 7.99. The molecular weight excluding hydrogens is 240 g/mol. The van der Waals surface area contributed by atoms with E-state index in [1.807, 2.05) is 0 Å². The van der Waals surface area contributed by atoms with Crippen molar-refractivity contribution in [1.29, 1.82) is 0 Å². The maximum atomic E-state index is 3.68. The first-order valence-electron chi connectivity index (χ1n) is 7.83. The molecule has 2 rings (SSSR count). The molecule has 18 heavy (non-hydrogen) atoms. The van der Waals surface area contributed by atoms with Gasteiger partial charge in [-0.2, -0.15) is 11.8 Å². The van der Waals surface area contributed by atoms with Crippen LogP contribution in [0.2, 0.25) is 0 Å². The van der Waals surface area contributed by atoms with Crippen LogP contribution in [0, 0.1) is 0 Å². The third-order valence-corrected chi connectivity index (χ3v) is 5.76. The molecule has 0 amide bonds. The second-order valence-electron chi connectivity index (χ2n) is 5.94. The van der Waals surface area contributed by atoms with Crippen molar-refractivity contribution in [2.75, 3.05) is 25.9 Å².